The summed E-state index contributed by atoms with van der Waals surface area (Å²) < 4.78 is 28.3. The number of hydrogen-bond acceptors (Lipinski definition) is 4. The average Bonchev–Trinajstić information content (AvgIpc) is 3.21. The molecule has 2 aromatic heterocycles. The van der Waals surface area contributed by atoms with Crippen LogP contribution >= 0.6 is 11.3 Å². The van der Waals surface area contributed by atoms with Crippen LogP contribution in [-0.2, 0) is 6.54 Å². The summed E-state index contributed by atoms with van der Waals surface area (Å²) in [6.45, 7) is 0.149. The number of pyridine rings is 1. The van der Waals surface area contributed by atoms with E-state index in [9.17, 15) is 13.6 Å². The molecule has 0 aliphatic carbocycles. The number of hydrogen-bond donors (Lipinski definition) is 0. The lowest BCUT2D eigenvalue weighted by molar-refractivity contribution is 0.0985. The molecule has 0 radical (unpaired) electrons. The summed E-state index contributed by atoms with van der Waals surface area (Å²) in [5, 5.41) is 2.24. The molecule has 0 unspecified atom stereocenters. The Morgan fingerprint density at radius 3 is 2.55 bits per heavy atom. The Labute approximate surface area is 180 Å². The smallest absolute Gasteiger partial charge is 0.260 e. The number of halogens is 2. The van der Waals surface area contributed by atoms with Crippen molar-refractivity contribution in [3.63, 3.8) is 0 Å². The van der Waals surface area contributed by atoms with Crippen LogP contribution in [0, 0.1) is 11.6 Å². The van der Waals surface area contributed by atoms with Crippen LogP contribution in [0.25, 0.3) is 21.0 Å². The lowest BCUT2D eigenvalue weighted by Crippen LogP contribution is -2.30. The van der Waals surface area contributed by atoms with Gasteiger partial charge in [-0.25, -0.2) is 13.8 Å². The van der Waals surface area contributed by atoms with Gasteiger partial charge in [-0.1, -0.05) is 47.7 Å². The van der Waals surface area contributed by atoms with E-state index < -0.39 is 11.6 Å². The third-order valence-corrected chi connectivity index (χ3v) is 5.95. The van der Waals surface area contributed by atoms with Gasteiger partial charge in [-0.2, -0.15) is 0 Å². The molecule has 5 rings (SSSR count). The van der Waals surface area contributed by atoms with Gasteiger partial charge in [0, 0.05) is 17.8 Å². The second-order valence-electron chi connectivity index (χ2n) is 7.01. The van der Waals surface area contributed by atoms with Gasteiger partial charge in [0.2, 0.25) is 0 Å². The van der Waals surface area contributed by atoms with Crippen molar-refractivity contribution in [3.8, 4) is 0 Å². The fourth-order valence-electron chi connectivity index (χ4n) is 3.42. The van der Waals surface area contributed by atoms with Crippen molar-refractivity contribution in [2.45, 2.75) is 6.54 Å². The Kier molecular flexibility index (Phi) is 4.88. The SMILES string of the molecule is O=C(c1ccc2ccccc2c1)N(Cc1ccccn1)c1nc2c(F)cc(F)cc2s1. The maximum Gasteiger partial charge on any atom is 0.260 e. The van der Waals surface area contributed by atoms with E-state index in [1.54, 1.807) is 24.4 Å². The molecule has 0 saturated carbocycles. The van der Waals surface area contributed by atoms with E-state index in [0.717, 1.165) is 28.2 Å². The van der Waals surface area contributed by atoms with Crippen LogP contribution in [0.3, 0.4) is 0 Å². The molecule has 152 valence electrons. The van der Waals surface area contributed by atoms with Crippen LogP contribution in [0.5, 0.6) is 0 Å². The van der Waals surface area contributed by atoms with Gasteiger partial charge in [0.25, 0.3) is 5.91 Å². The second-order valence-corrected chi connectivity index (χ2v) is 8.01. The minimum absolute atomic E-state index is 0.0405. The normalized spacial score (nSPS) is 11.2. The van der Waals surface area contributed by atoms with Crippen LogP contribution in [0.4, 0.5) is 13.9 Å². The summed E-state index contributed by atoms with van der Waals surface area (Å²) in [5.41, 5.74) is 1.17. The average molecular weight is 431 g/mol. The van der Waals surface area contributed by atoms with Crippen molar-refractivity contribution in [1.82, 2.24) is 9.97 Å². The van der Waals surface area contributed by atoms with Gasteiger partial charge in [0.1, 0.15) is 11.3 Å². The van der Waals surface area contributed by atoms with Crippen LogP contribution in [0.2, 0.25) is 0 Å². The summed E-state index contributed by atoms with van der Waals surface area (Å²) in [6, 6.07) is 20.6. The van der Waals surface area contributed by atoms with E-state index in [2.05, 4.69) is 9.97 Å². The number of thiazole rings is 1. The lowest BCUT2D eigenvalue weighted by atomic mass is 10.1. The Bertz CT molecular complexity index is 1420. The number of aromatic nitrogens is 2. The first-order valence-corrected chi connectivity index (χ1v) is 10.4. The highest BCUT2D eigenvalue weighted by Gasteiger charge is 2.23. The second kappa shape index (κ2) is 7.85. The summed E-state index contributed by atoms with van der Waals surface area (Å²) in [6.07, 6.45) is 1.64. The van der Waals surface area contributed by atoms with Crippen molar-refractivity contribution >= 4 is 43.4 Å². The first kappa shape index (κ1) is 19.3. The number of fused-ring (bicyclic) bond motifs is 2. The minimum Gasteiger partial charge on any atom is -0.278 e. The van der Waals surface area contributed by atoms with E-state index in [0.29, 0.717) is 16.0 Å². The highest BCUT2D eigenvalue weighted by molar-refractivity contribution is 7.22. The molecule has 31 heavy (non-hydrogen) atoms. The van der Waals surface area contributed by atoms with E-state index in [1.807, 2.05) is 42.5 Å². The van der Waals surface area contributed by atoms with Crippen LogP contribution in [0.1, 0.15) is 16.1 Å². The molecule has 0 saturated heterocycles. The summed E-state index contributed by atoms with van der Waals surface area (Å²) >= 11 is 1.07. The maximum atomic E-state index is 14.2. The topological polar surface area (TPSA) is 46.1 Å². The molecule has 0 aliphatic heterocycles. The molecule has 7 heteroatoms. The molecule has 0 spiro atoms. The van der Waals surface area contributed by atoms with Gasteiger partial charge in [-0.05, 0) is 41.1 Å². The number of nitrogens with zero attached hydrogens (tertiary/aromatic N) is 3. The third kappa shape index (κ3) is 3.75. The molecule has 0 bridgehead atoms. The van der Waals surface area contributed by atoms with Crippen molar-refractivity contribution in [2.24, 2.45) is 0 Å². The molecule has 5 aromatic rings. The van der Waals surface area contributed by atoms with Gasteiger partial charge in [0.15, 0.2) is 10.9 Å². The van der Waals surface area contributed by atoms with E-state index >= 15 is 0 Å². The minimum atomic E-state index is -0.756. The zero-order valence-electron chi connectivity index (χ0n) is 16.1. The summed E-state index contributed by atoms with van der Waals surface area (Å²) in [4.78, 5) is 23.6. The van der Waals surface area contributed by atoms with Crippen molar-refractivity contribution in [1.29, 1.82) is 0 Å². The standard InChI is InChI=1S/C24H15F2N3OS/c25-18-12-20(26)22-21(13-18)31-24(28-22)29(14-19-7-3-4-10-27-19)23(30)17-9-8-15-5-1-2-6-16(15)11-17/h1-13H,14H2. The first-order chi connectivity index (χ1) is 15.1. The molecule has 3 aromatic carbocycles. The lowest BCUT2D eigenvalue weighted by Gasteiger charge is -2.20. The zero-order valence-corrected chi connectivity index (χ0v) is 16.9. The van der Waals surface area contributed by atoms with Crippen LogP contribution in [-0.4, -0.2) is 15.9 Å². The van der Waals surface area contributed by atoms with Gasteiger partial charge >= 0.3 is 0 Å². The Morgan fingerprint density at radius 2 is 1.74 bits per heavy atom. The predicted octanol–water partition coefficient (Wildman–Crippen LogP) is 5.97. The number of rotatable bonds is 4. The summed E-state index contributed by atoms with van der Waals surface area (Å²) in [7, 11) is 0. The monoisotopic (exact) mass is 431 g/mol. The molecule has 1 amide bonds. The van der Waals surface area contributed by atoms with Crippen molar-refractivity contribution in [2.75, 3.05) is 4.90 Å². The van der Waals surface area contributed by atoms with Crippen LogP contribution < -0.4 is 4.90 Å². The van der Waals surface area contributed by atoms with Gasteiger partial charge < -0.3 is 0 Å². The van der Waals surface area contributed by atoms with Gasteiger partial charge in [0.05, 0.1) is 16.9 Å². The first-order valence-electron chi connectivity index (χ1n) is 9.55. The Hall–Kier alpha value is -3.71. The highest BCUT2D eigenvalue weighted by Crippen LogP contribution is 2.33. The van der Waals surface area contributed by atoms with Gasteiger partial charge in [-0.3, -0.25) is 14.7 Å². The zero-order chi connectivity index (χ0) is 21.4. The molecule has 2 heterocycles. The summed E-state index contributed by atoms with van der Waals surface area (Å²) in [5.74, 6) is -1.73. The number of carbonyl (C=O) groups excluding carboxylic acids is 1. The number of benzene rings is 3. The van der Waals surface area contributed by atoms with Crippen molar-refractivity contribution < 1.29 is 13.6 Å². The fourth-order valence-corrected chi connectivity index (χ4v) is 4.42. The maximum absolute atomic E-state index is 14.2. The highest BCUT2D eigenvalue weighted by atomic mass is 32.1. The Morgan fingerprint density at radius 1 is 0.935 bits per heavy atom. The molecular formula is C24H15F2N3OS. The molecule has 4 nitrogen and oxygen atoms in total. The molecule has 0 fully saturated rings. The largest absolute Gasteiger partial charge is 0.278 e. The quantitative estimate of drug-likeness (QED) is 0.352. The molecular weight excluding hydrogens is 416 g/mol. The van der Waals surface area contributed by atoms with Crippen molar-refractivity contribution in [3.05, 3.63) is 102 Å². The van der Waals surface area contributed by atoms with E-state index in [1.165, 1.54) is 11.0 Å². The van der Waals surface area contributed by atoms with E-state index in [4.69, 9.17) is 0 Å². The number of anilines is 1. The Balaban J connectivity index is 1.61. The third-order valence-electron chi connectivity index (χ3n) is 4.92. The molecule has 0 aliphatic rings. The molecule has 0 N–H and O–H groups in total. The predicted molar refractivity (Wildman–Crippen MR) is 118 cm³/mol. The van der Waals surface area contributed by atoms with Crippen LogP contribution in [0.15, 0.2) is 79.0 Å². The fraction of sp³-hybridized carbons (Fsp3) is 0.0417. The molecule has 0 atom stereocenters. The number of amides is 1. The number of carbonyl (C=O) groups is 1. The van der Waals surface area contributed by atoms with Gasteiger partial charge in [-0.15, -0.1) is 0 Å². The van der Waals surface area contributed by atoms with E-state index in [-0.39, 0.29) is 23.1 Å².